The van der Waals surface area contributed by atoms with Crippen molar-refractivity contribution in [2.45, 2.75) is 31.2 Å². The molecule has 22 heavy (non-hydrogen) atoms. The Morgan fingerprint density at radius 3 is 2.73 bits per heavy atom. The van der Waals surface area contributed by atoms with Crippen LogP contribution in [-0.2, 0) is 4.79 Å². The molecule has 0 spiro atoms. The van der Waals surface area contributed by atoms with Gasteiger partial charge in [0.1, 0.15) is 5.54 Å². The Morgan fingerprint density at radius 1 is 1.27 bits per heavy atom. The van der Waals surface area contributed by atoms with Gasteiger partial charge in [-0.1, -0.05) is 0 Å². The number of piperidine rings is 1. The summed E-state index contributed by atoms with van der Waals surface area (Å²) in [6.45, 7) is 2.16. The highest BCUT2D eigenvalue weighted by Crippen LogP contribution is 2.57. The van der Waals surface area contributed by atoms with E-state index in [1.807, 2.05) is 4.90 Å². The Bertz CT molecular complexity index is 644. The Balaban J connectivity index is 1.61. The van der Waals surface area contributed by atoms with Gasteiger partial charge < -0.3 is 9.80 Å². The van der Waals surface area contributed by atoms with Gasteiger partial charge in [-0.05, 0) is 37.7 Å². The van der Waals surface area contributed by atoms with Crippen LogP contribution in [0.2, 0.25) is 0 Å². The number of carbonyl (C=O) groups is 2. The molecule has 2 aliphatic heterocycles. The Hall–Kier alpha value is -1.98. The lowest BCUT2D eigenvalue weighted by atomic mass is 10.1. The smallest absolute Gasteiger partial charge is 0.254 e. The molecule has 2 amide bonds. The normalized spacial score (nSPS) is 29.6. The monoisotopic (exact) mass is 303 g/mol. The van der Waals surface area contributed by atoms with Crippen LogP contribution in [0.5, 0.6) is 0 Å². The molecule has 1 aromatic rings. The van der Waals surface area contributed by atoms with Crippen molar-refractivity contribution in [1.82, 2.24) is 14.8 Å². The number of hydrogen-bond acceptors (Lipinski definition) is 3. The van der Waals surface area contributed by atoms with Gasteiger partial charge in [-0.3, -0.25) is 9.59 Å². The third-order valence-corrected chi connectivity index (χ3v) is 5.24. The standard InChI is InChI=1S/C16H18FN3O2/c17-13-9-11(3-5-18-13)14(21)20-8-4-12-10-16(12,20)15(22)19-6-1-2-7-19/h3,5,9,12H,1-2,4,6-8,10H2. The van der Waals surface area contributed by atoms with Crippen molar-refractivity contribution >= 4 is 11.8 Å². The molecule has 5 nitrogen and oxygen atoms in total. The van der Waals surface area contributed by atoms with E-state index in [0.29, 0.717) is 6.54 Å². The minimum Gasteiger partial charge on any atom is -0.341 e. The quantitative estimate of drug-likeness (QED) is 0.777. The highest BCUT2D eigenvalue weighted by molar-refractivity contribution is 6.01. The van der Waals surface area contributed by atoms with Crippen LogP contribution in [0.1, 0.15) is 36.0 Å². The number of halogens is 1. The summed E-state index contributed by atoms with van der Waals surface area (Å²) in [6, 6.07) is 2.65. The van der Waals surface area contributed by atoms with Crippen molar-refractivity contribution in [3.63, 3.8) is 0 Å². The van der Waals surface area contributed by atoms with Crippen LogP contribution in [0.4, 0.5) is 4.39 Å². The Labute approximate surface area is 128 Å². The molecular formula is C16H18FN3O2. The second kappa shape index (κ2) is 4.76. The van der Waals surface area contributed by atoms with Crippen LogP contribution in [0.15, 0.2) is 18.3 Å². The molecular weight excluding hydrogens is 285 g/mol. The fourth-order valence-electron chi connectivity index (χ4n) is 4.02. The van der Waals surface area contributed by atoms with Crippen molar-refractivity contribution in [3.8, 4) is 0 Å². The molecule has 1 aliphatic carbocycles. The number of rotatable bonds is 2. The Kier molecular flexibility index (Phi) is 2.96. The predicted molar refractivity (Wildman–Crippen MR) is 76.5 cm³/mol. The molecule has 4 rings (SSSR count). The van der Waals surface area contributed by atoms with Gasteiger partial charge in [0, 0.05) is 37.5 Å². The van der Waals surface area contributed by atoms with Gasteiger partial charge in [-0.15, -0.1) is 0 Å². The highest BCUT2D eigenvalue weighted by atomic mass is 19.1. The van der Waals surface area contributed by atoms with Gasteiger partial charge in [0.05, 0.1) is 0 Å². The lowest BCUT2D eigenvalue weighted by Crippen LogP contribution is -2.51. The van der Waals surface area contributed by atoms with E-state index in [9.17, 15) is 14.0 Å². The fraction of sp³-hybridized carbons (Fsp3) is 0.562. The average molecular weight is 303 g/mol. The molecule has 3 heterocycles. The average Bonchev–Trinajstić information content (AvgIpc) is 2.92. The SMILES string of the molecule is O=C(c1ccnc(F)c1)N1CCC2CC21C(=O)N1CCCC1. The molecule has 0 bridgehead atoms. The first-order chi connectivity index (χ1) is 10.6. The van der Waals surface area contributed by atoms with Crippen LogP contribution < -0.4 is 0 Å². The molecule has 0 radical (unpaired) electrons. The fourth-order valence-corrected chi connectivity index (χ4v) is 4.02. The lowest BCUT2D eigenvalue weighted by molar-refractivity contribution is -0.136. The number of amides is 2. The maximum absolute atomic E-state index is 13.3. The van der Waals surface area contributed by atoms with Crippen molar-refractivity contribution in [2.75, 3.05) is 19.6 Å². The summed E-state index contributed by atoms with van der Waals surface area (Å²) in [5.74, 6) is -0.558. The Morgan fingerprint density at radius 2 is 2.05 bits per heavy atom. The van der Waals surface area contributed by atoms with Crippen molar-refractivity contribution in [1.29, 1.82) is 0 Å². The number of pyridine rings is 1. The van der Waals surface area contributed by atoms with Crippen LogP contribution in [-0.4, -0.2) is 51.8 Å². The van der Waals surface area contributed by atoms with E-state index >= 15 is 0 Å². The van der Waals surface area contributed by atoms with E-state index in [0.717, 1.165) is 44.8 Å². The number of likely N-dealkylation sites (tertiary alicyclic amines) is 2. The van der Waals surface area contributed by atoms with E-state index in [-0.39, 0.29) is 23.3 Å². The summed E-state index contributed by atoms with van der Waals surface area (Å²) in [6.07, 6.45) is 4.98. The van der Waals surface area contributed by atoms with Gasteiger partial charge in [-0.25, -0.2) is 4.98 Å². The van der Waals surface area contributed by atoms with E-state index in [1.54, 1.807) is 4.90 Å². The zero-order valence-corrected chi connectivity index (χ0v) is 12.3. The van der Waals surface area contributed by atoms with Gasteiger partial charge in [0.15, 0.2) is 0 Å². The first kappa shape index (κ1) is 13.7. The van der Waals surface area contributed by atoms with Gasteiger partial charge in [0.25, 0.3) is 5.91 Å². The van der Waals surface area contributed by atoms with E-state index in [2.05, 4.69) is 4.98 Å². The summed E-state index contributed by atoms with van der Waals surface area (Å²) >= 11 is 0. The molecule has 0 aromatic carbocycles. The second-order valence-corrected chi connectivity index (χ2v) is 6.44. The zero-order valence-electron chi connectivity index (χ0n) is 12.3. The largest absolute Gasteiger partial charge is 0.341 e. The topological polar surface area (TPSA) is 53.5 Å². The number of fused-ring (bicyclic) bond motifs is 1. The molecule has 2 atom stereocenters. The molecule has 1 saturated carbocycles. The van der Waals surface area contributed by atoms with Crippen molar-refractivity contribution in [3.05, 3.63) is 29.8 Å². The first-order valence-corrected chi connectivity index (χ1v) is 7.86. The maximum Gasteiger partial charge on any atom is 0.254 e. The lowest BCUT2D eigenvalue weighted by Gasteiger charge is -2.31. The predicted octanol–water partition coefficient (Wildman–Crippen LogP) is 1.45. The maximum atomic E-state index is 13.3. The number of carbonyl (C=O) groups excluding carboxylic acids is 2. The summed E-state index contributed by atoms with van der Waals surface area (Å²) in [5.41, 5.74) is -0.380. The van der Waals surface area contributed by atoms with Crippen LogP contribution >= 0.6 is 0 Å². The highest BCUT2D eigenvalue weighted by Gasteiger charge is 2.69. The van der Waals surface area contributed by atoms with Crippen LogP contribution in [0, 0.1) is 11.9 Å². The molecule has 116 valence electrons. The van der Waals surface area contributed by atoms with E-state index in [1.165, 1.54) is 12.3 Å². The minimum absolute atomic E-state index is 0.0929. The third kappa shape index (κ3) is 1.86. The molecule has 2 saturated heterocycles. The number of nitrogens with zero attached hydrogens (tertiary/aromatic N) is 3. The molecule has 6 heteroatoms. The minimum atomic E-state index is -0.669. The number of aromatic nitrogens is 1. The van der Waals surface area contributed by atoms with Crippen LogP contribution in [0.25, 0.3) is 0 Å². The molecule has 3 aliphatic rings. The van der Waals surface area contributed by atoms with Crippen LogP contribution in [0.3, 0.4) is 0 Å². The second-order valence-electron chi connectivity index (χ2n) is 6.44. The molecule has 0 N–H and O–H groups in total. The summed E-state index contributed by atoms with van der Waals surface area (Å²) in [5, 5.41) is 0. The van der Waals surface area contributed by atoms with E-state index < -0.39 is 11.5 Å². The molecule has 1 aromatic heterocycles. The van der Waals surface area contributed by atoms with Crippen molar-refractivity contribution < 1.29 is 14.0 Å². The number of hydrogen-bond donors (Lipinski definition) is 0. The van der Waals surface area contributed by atoms with Gasteiger partial charge in [-0.2, -0.15) is 4.39 Å². The zero-order chi connectivity index (χ0) is 15.3. The van der Waals surface area contributed by atoms with Crippen molar-refractivity contribution in [2.24, 2.45) is 5.92 Å². The molecule has 3 fully saturated rings. The summed E-state index contributed by atoms with van der Waals surface area (Å²) < 4.78 is 13.3. The molecule has 2 unspecified atom stereocenters. The van der Waals surface area contributed by atoms with E-state index in [4.69, 9.17) is 0 Å². The van der Waals surface area contributed by atoms with Gasteiger partial charge >= 0.3 is 0 Å². The summed E-state index contributed by atoms with van der Waals surface area (Å²) in [7, 11) is 0. The summed E-state index contributed by atoms with van der Waals surface area (Å²) in [4.78, 5) is 32.6. The first-order valence-electron chi connectivity index (χ1n) is 7.86. The third-order valence-electron chi connectivity index (χ3n) is 5.24. The van der Waals surface area contributed by atoms with Gasteiger partial charge in [0.2, 0.25) is 11.9 Å².